The Hall–Kier alpha value is -0.883. The van der Waals surface area contributed by atoms with Crippen LogP contribution in [0.4, 0.5) is 0 Å². The number of hydrogen-bond acceptors (Lipinski definition) is 3. The van der Waals surface area contributed by atoms with Crippen molar-refractivity contribution in [3.8, 4) is 0 Å². The Morgan fingerprint density at radius 3 is 2.20 bits per heavy atom. The molecule has 1 rings (SSSR count). The van der Waals surface area contributed by atoms with E-state index in [0.717, 1.165) is 0 Å². The molecule has 2 N–H and O–H groups in total. The van der Waals surface area contributed by atoms with Crippen molar-refractivity contribution < 1.29 is 19.1 Å². The van der Waals surface area contributed by atoms with Gasteiger partial charge in [-0.25, -0.2) is 0 Å². The fourth-order valence-electron chi connectivity index (χ4n) is 2.23. The van der Waals surface area contributed by atoms with Crippen LogP contribution in [0.3, 0.4) is 0 Å². The molecular weight excluding hydrogens is 275 g/mol. The Morgan fingerprint density at radius 2 is 1.85 bits per heavy atom. The van der Waals surface area contributed by atoms with Crippen LogP contribution in [-0.2, 0) is 14.0 Å². The molecule has 116 valence electrons. The minimum atomic E-state index is -1.96. The van der Waals surface area contributed by atoms with Gasteiger partial charge in [-0.05, 0) is 32.0 Å². The third-order valence-corrected chi connectivity index (χ3v) is 9.29. The SMILES string of the molecule is C[C@H]([C@H]1NC(=O)[C@@H]1[C@@H](C)O[Si](C)(C)C(C)(C)C)[13C](=O)O. The van der Waals surface area contributed by atoms with Crippen LogP contribution in [0.25, 0.3) is 0 Å². The standard InChI is InChI=1S/C14H27NO4Si/c1-8(13(17)18)11-10(12(16)15-11)9(2)19-20(6,7)14(3,4)5/h8-11H,1-7H3,(H,15,16)(H,17,18)/t8-,9-,10-,11-/m1/s1/i13+1. The lowest BCUT2D eigenvalue weighted by molar-refractivity contribution is -0.151. The zero-order valence-electron chi connectivity index (χ0n) is 13.5. The molecule has 1 saturated heterocycles. The van der Waals surface area contributed by atoms with Crippen LogP contribution in [-0.4, -0.2) is 37.4 Å². The van der Waals surface area contributed by atoms with Gasteiger partial charge in [0.2, 0.25) is 5.91 Å². The Bertz CT molecular complexity index is 402. The number of carbonyl (C=O) groups is 2. The van der Waals surface area contributed by atoms with Crippen molar-refractivity contribution in [2.75, 3.05) is 0 Å². The maximum atomic E-state index is 11.8. The Morgan fingerprint density at radius 1 is 1.35 bits per heavy atom. The Labute approximate surface area is 122 Å². The molecule has 1 aliphatic rings. The highest BCUT2D eigenvalue weighted by molar-refractivity contribution is 6.74. The van der Waals surface area contributed by atoms with Crippen molar-refractivity contribution in [3.63, 3.8) is 0 Å². The maximum absolute atomic E-state index is 11.8. The fourth-order valence-corrected chi connectivity index (χ4v) is 3.66. The van der Waals surface area contributed by atoms with E-state index in [4.69, 9.17) is 9.53 Å². The van der Waals surface area contributed by atoms with Crippen molar-refractivity contribution in [2.45, 2.75) is 64.9 Å². The van der Waals surface area contributed by atoms with Crippen molar-refractivity contribution in [2.24, 2.45) is 11.8 Å². The van der Waals surface area contributed by atoms with E-state index in [1.54, 1.807) is 6.92 Å². The van der Waals surface area contributed by atoms with E-state index in [-0.39, 0.29) is 29.0 Å². The van der Waals surface area contributed by atoms with Gasteiger partial charge in [-0.1, -0.05) is 20.8 Å². The summed E-state index contributed by atoms with van der Waals surface area (Å²) < 4.78 is 6.22. The number of β-lactam (4-membered cyclic amide) rings is 1. The number of aliphatic carboxylic acids is 1. The number of carbonyl (C=O) groups excluding carboxylic acids is 1. The van der Waals surface area contributed by atoms with Crippen LogP contribution < -0.4 is 5.32 Å². The summed E-state index contributed by atoms with van der Waals surface area (Å²) in [6, 6.07) is -0.334. The van der Waals surface area contributed by atoms with Gasteiger partial charge in [-0.3, -0.25) is 9.59 Å². The molecule has 0 aromatic heterocycles. The van der Waals surface area contributed by atoms with Gasteiger partial charge in [0.05, 0.1) is 24.0 Å². The van der Waals surface area contributed by atoms with Crippen molar-refractivity contribution >= 4 is 20.2 Å². The smallest absolute Gasteiger partial charge is 0.308 e. The van der Waals surface area contributed by atoms with Gasteiger partial charge in [0.15, 0.2) is 8.32 Å². The number of hydrogen-bond donors (Lipinski definition) is 2. The number of nitrogens with one attached hydrogen (secondary N) is 1. The minimum absolute atomic E-state index is 0.0649. The first-order valence-electron chi connectivity index (χ1n) is 7.09. The van der Waals surface area contributed by atoms with Crippen molar-refractivity contribution in [3.05, 3.63) is 0 Å². The molecule has 1 fully saturated rings. The Kier molecular flexibility index (Phi) is 4.71. The molecule has 1 amide bonds. The van der Waals surface area contributed by atoms with Crippen LogP contribution in [0.2, 0.25) is 18.1 Å². The highest BCUT2D eigenvalue weighted by Gasteiger charge is 2.50. The van der Waals surface area contributed by atoms with Crippen molar-refractivity contribution in [1.82, 2.24) is 5.32 Å². The first-order chi connectivity index (χ1) is 8.88. The van der Waals surface area contributed by atoms with Gasteiger partial charge >= 0.3 is 5.97 Å². The molecule has 6 heteroatoms. The molecule has 4 atom stereocenters. The zero-order chi connectivity index (χ0) is 15.9. The zero-order valence-corrected chi connectivity index (χ0v) is 14.5. The molecule has 0 radical (unpaired) electrons. The molecule has 0 unspecified atom stereocenters. The van der Waals surface area contributed by atoms with Gasteiger partial charge in [0, 0.05) is 0 Å². The summed E-state index contributed by atoms with van der Waals surface area (Å²) in [6.07, 6.45) is -0.253. The normalized spacial score (nSPS) is 26.4. The summed E-state index contributed by atoms with van der Waals surface area (Å²) >= 11 is 0. The molecule has 0 spiro atoms. The third kappa shape index (κ3) is 3.23. The highest BCUT2D eigenvalue weighted by atomic mass is 28.4. The molecule has 20 heavy (non-hydrogen) atoms. The summed E-state index contributed by atoms with van der Waals surface area (Å²) in [5, 5.41) is 11.8. The molecule has 0 saturated carbocycles. The molecule has 1 aliphatic heterocycles. The number of carboxylic acids is 1. The lowest BCUT2D eigenvalue weighted by Crippen LogP contribution is -2.66. The first kappa shape index (κ1) is 17.2. The van der Waals surface area contributed by atoms with E-state index in [1.165, 1.54) is 0 Å². The third-order valence-electron chi connectivity index (χ3n) is 4.72. The van der Waals surface area contributed by atoms with Crippen LogP contribution in [0.1, 0.15) is 34.6 Å². The lowest BCUT2D eigenvalue weighted by Gasteiger charge is -2.46. The van der Waals surface area contributed by atoms with E-state index < -0.39 is 20.2 Å². The second kappa shape index (κ2) is 5.48. The molecule has 0 aromatic rings. The molecular formula is C14H27NO4Si. The monoisotopic (exact) mass is 302 g/mol. The van der Waals surface area contributed by atoms with Crippen LogP contribution in [0, 0.1) is 11.8 Å². The average molecular weight is 302 g/mol. The fraction of sp³-hybridized carbons (Fsp3) is 0.857. The topological polar surface area (TPSA) is 75.6 Å². The van der Waals surface area contributed by atoms with Gasteiger partial charge in [-0.15, -0.1) is 0 Å². The summed E-state index contributed by atoms with van der Waals surface area (Å²) in [7, 11) is -1.96. The van der Waals surface area contributed by atoms with E-state index in [1.807, 2.05) is 6.92 Å². The van der Waals surface area contributed by atoms with Gasteiger partial charge < -0.3 is 14.8 Å². The van der Waals surface area contributed by atoms with Crippen LogP contribution in [0.5, 0.6) is 0 Å². The van der Waals surface area contributed by atoms with Crippen LogP contribution >= 0.6 is 0 Å². The quantitative estimate of drug-likeness (QED) is 0.464. The number of rotatable bonds is 5. The van der Waals surface area contributed by atoms with Crippen LogP contribution in [0.15, 0.2) is 0 Å². The predicted octanol–water partition coefficient (Wildman–Crippen LogP) is 2.23. The lowest BCUT2D eigenvalue weighted by atomic mass is 9.81. The van der Waals surface area contributed by atoms with E-state index in [9.17, 15) is 9.59 Å². The molecule has 0 bridgehead atoms. The van der Waals surface area contributed by atoms with E-state index in [0.29, 0.717) is 0 Å². The largest absolute Gasteiger partial charge is 0.481 e. The molecule has 0 aliphatic carbocycles. The molecule has 0 aromatic carbocycles. The van der Waals surface area contributed by atoms with E-state index in [2.05, 4.69) is 39.2 Å². The summed E-state index contributed by atoms with van der Waals surface area (Å²) in [6.45, 7) is 14.2. The first-order valence-corrected chi connectivity index (χ1v) is 10.0. The highest BCUT2D eigenvalue weighted by Crippen LogP contribution is 2.39. The molecule has 5 nitrogen and oxygen atoms in total. The number of amides is 1. The van der Waals surface area contributed by atoms with Gasteiger partial charge in [0.1, 0.15) is 0 Å². The maximum Gasteiger partial charge on any atom is 0.308 e. The number of carboxylic acid groups (broad SMARTS) is 1. The van der Waals surface area contributed by atoms with Crippen molar-refractivity contribution in [1.29, 1.82) is 0 Å². The second-order valence-electron chi connectivity index (χ2n) is 7.27. The summed E-state index contributed by atoms with van der Waals surface area (Å²) in [4.78, 5) is 22.8. The van der Waals surface area contributed by atoms with E-state index >= 15 is 0 Å². The molecule has 1 heterocycles. The van der Waals surface area contributed by atoms with Gasteiger partial charge in [0.25, 0.3) is 0 Å². The summed E-state index contributed by atoms with van der Waals surface area (Å²) in [5.74, 6) is -1.95. The second-order valence-corrected chi connectivity index (χ2v) is 12.0. The summed E-state index contributed by atoms with van der Waals surface area (Å²) in [5.41, 5.74) is 0. The predicted molar refractivity (Wildman–Crippen MR) is 80.0 cm³/mol. The average Bonchev–Trinajstić information content (AvgIpc) is 2.21. The Balaban J connectivity index is 2.78. The minimum Gasteiger partial charge on any atom is -0.481 e. The van der Waals surface area contributed by atoms with Gasteiger partial charge in [-0.2, -0.15) is 0 Å².